The van der Waals surface area contributed by atoms with E-state index in [0.717, 1.165) is 5.56 Å². The van der Waals surface area contributed by atoms with Gasteiger partial charge in [0.25, 0.3) is 0 Å². The predicted molar refractivity (Wildman–Crippen MR) is 73.1 cm³/mol. The van der Waals surface area contributed by atoms with Crippen molar-refractivity contribution in [3.8, 4) is 5.75 Å². The summed E-state index contributed by atoms with van der Waals surface area (Å²) in [7, 11) is 3.32. The average molecular weight is 281 g/mol. The minimum absolute atomic E-state index is 0.313. The zero-order valence-corrected chi connectivity index (χ0v) is 11.4. The van der Waals surface area contributed by atoms with Gasteiger partial charge in [-0.2, -0.15) is 0 Å². The van der Waals surface area contributed by atoms with E-state index in [-0.39, 0.29) is 11.9 Å². The maximum Gasteiger partial charge on any atom is 0.137 e. The predicted octanol–water partition coefficient (Wildman–Crippen LogP) is 3.19. The molecule has 1 N–H and O–H groups in total. The summed E-state index contributed by atoms with van der Waals surface area (Å²) < 4.78 is 19.1. The smallest absolute Gasteiger partial charge is 0.137 e. The number of aromatic nitrogens is 1. The first-order chi connectivity index (χ1) is 9.15. The first kappa shape index (κ1) is 13.8. The maximum atomic E-state index is 13.9. The fourth-order valence-electron chi connectivity index (χ4n) is 1.94. The van der Waals surface area contributed by atoms with E-state index < -0.39 is 0 Å². The molecule has 19 heavy (non-hydrogen) atoms. The summed E-state index contributed by atoms with van der Waals surface area (Å²) in [6, 6.07) is 5.97. The van der Waals surface area contributed by atoms with Gasteiger partial charge in [0, 0.05) is 16.8 Å². The highest BCUT2D eigenvalue weighted by Crippen LogP contribution is 2.27. The normalized spacial score (nSPS) is 12.2. The Balaban J connectivity index is 2.46. The molecule has 0 spiro atoms. The van der Waals surface area contributed by atoms with E-state index in [0.29, 0.717) is 16.3 Å². The number of benzene rings is 1. The Bertz CT molecular complexity index is 577. The number of rotatable bonds is 4. The van der Waals surface area contributed by atoms with Crippen molar-refractivity contribution in [3.05, 3.63) is 58.6 Å². The minimum Gasteiger partial charge on any atom is -0.495 e. The summed E-state index contributed by atoms with van der Waals surface area (Å²) >= 11 is 5.93. The number of hydrogen-bond acceptors (Lipinski definition) is 3. The average Bonchev–Trinajstić information content (AvgIpc) is 2.44. The lowest BCUT2D eigenvalue weighted by atomic mass is 10.00. The third-order valence-corrected chi connectivity index (χ3v) is 3.10. The fraction of sp³-hybridized carbons (Fsp3) is 0.214. The lowest BCUT2D eigenvalue weighted by Crippen LogP contribution is -2.19. The van der Waals surface area contributed by atoms with Crippen LogP contribution in [-0.4, -0.2) is 19.1 Å². The van der Waals surface area contributed by atoms with E-state index in [2.05, 4.69) is 10.3 Å². The van der Waals surface area contributed by atoms with Gasteiger partial charge in [-0.25, -0.2) is 4.39 Å². The van der Waals surface area contributed by atoms with Gasteiger partial charge in [0.05, 0.1) is 19.3 Å². The molecule has 0 aliphatic rings. The molecule has 1 aromatic heterocycles. The summed E-state index contributed by atoms with van der Waals surface area (Å²) in [6.07, 6.45) is 3.27. The van der Waals surface area contributed by atoms with E-state index in [1.807, 2.05) is 6.07 Å². The van der Waals surface area contributed by atoms with E-state index in [4.69, 9.17) is 16.3 Å². The van der Waals surface area contributed by atoms with E-state index in [1.54, 1.807) is 32.6 Å². The molecule has 100 valence electrons. The van der Waals surface area contributed by atoms with Gasteiger partial charge in [-0.3, -0.25) is 4.98 Å². The standard InChI is InChI=1S/C14H14ClFN2O/c1-17-14(9-5-11(19-2)8-18-7-9)12-6-10(15)3-4-13(12)16/h3-8,14,17H,1-2H3. The van der Waals surface area contributed by atoms with Gasteiger partial charge in [0.2, 0.25) is 0 Å². The molecule has 0 radical (unpaired) electrons. The fourth-order valence-corrected chi connectivity index (χ4v) is 2.12. The number of hydrogen-bond donors (Lipinski definition) is 1. The Morgan fingerprint density at radius 1 is 1.32 bits per heavy atom. The van der Waals surface area contributed by atoms with Crippen LogP contribution >= 0.6 is 11.6 Å². The molecule has 5 heteroatoms. The van der Waals surface area contributed by atoms with Crippen LogP contribution in [0.5, 0.6) is 5.75 Å². The van der Waals surface area contributed by atoms with Crippen molar-refractivity contribution in [2.24, 2.45) is 0 Å². The Morgan fingerprint density at radius 2 is 2.11 bits per heavy atom. The van der Waals surface area contributed by atoms with E-state index in [9.17, 15) is 4.39 Å². The highest BCUT2D eigenvalue weighted by Gasteiger charge is 2.17. The molecule has 0 aliphatic heterocycles. The van der Waals surface area contributed by atoms with Gasteiger partial charge in [0.1, 0.15) is 11.6 Å². The lowest BCUT2D eigenvalue weighted by molar-refractivity contribution is 0.411. The molecular formula is C14H14ClFN2O. The van der Waals surface area contributed by atoms with E-state index >= 15 is 0 Å². The van der Waals surface area contributed by atoms with E-state index in [1.165, 1.54) is 12.1 Å². The number of pyridine rings is 1. The van der Waals surface area contributed by atoms with Crippen molar-refractivity contribution >= 4 is 11.6 Å². The van der Waals surface area contributed by atoms with Crippen molar-refractivity contribution in [2.45, 2.75) is 6.04 Å². The molecule has 0 bridgehead atoms. The SMILES string of the molecule is CNC(c1cncc(OC)c1)c1cc(Cl)ccc1F. The number of nitrogens with one attached hydrogen (secondary N) is 1. The molecule has 1 atom stereocenters. The Morgan fingerprint density at radius 3 is 2.79 bits per heavy atom. The highest BCUT2D eigenvalue weighted by molar-refractivity contribution is 6.30. The molecule has 0 saturated carbocycles. The Kier molecular flexibility index (Phi) is 4.35. The molecule has 0 amide bonds. The van der Waals surface area contributed by atoms with Crippen molar-refractivity contribution in [2.75, 3.05) is 14.2 Å². The molecule has 1 heterocycles. The first-order valence-corrected chi connectivity index (χ1v) is 6.14. The minimum atomic E-state index is -0.332. The monoisotopic (exact) mass is 280 g/mol. The van der Waals surface area contributed by atoms with Gasteiger partial charge < -0.3 is 10.1 Å². The first-order valence-electron chi connectivity index (χ1n) is 5.77. The second kappa shape index (κ2) is 5.99. The van der Waals surface area contributed by atoms with Crippen LogP contribution in [0.25, 0.3) is 0 Å². The van der Waals surface area contributed by atoms with Crippen LogP contribution in [0.15, 0.2) is 36.7 Å². The third kappa shape index (κ3) is 3.03. The Labute approximate surface area is 116 Å². The summed E-state index contributed by atoms with van der Waals surface area (Å²) in [5.74, 6) is 0.312. The zero-order chi connectivity index (χ0) is 13.8. The van der Waals surface area contributed by atoms with Crippen molar-refractivity contribution < 1.29 is 9.13 Å². The summed E-state index contributed by atoms with van der Waals surface area (Å²) in [5.41, 5.74) is 1.29. The molecule has 0 aliphatic carbocycles. The van der Waals surface area contributed by atoms with Crippen LogP contribution in [0.3, 0.4) is 0 Å². The molecular weight excluding hydrogens is 267 g/mol. The van der Waals surface area contributed by atoms with Gasteiger partial charge in [-0.1, -0.05) is 11.6 Å². The van der Waals surface area contributed by atoms with Crippen LogP contribution < -0.4 is 10.1 Å². The molecule has 2 rings (SSSR count). The van der Waals surface area contributed by atoms with Crippen LogP contribution in [0.2, 0.25) is 5.02 Å². The van der Waals surface area contributed by atoms with Gasteiger partial charge in [0.15, 0.2) is 0 Å². The quantitative estimate of drug-likeness (QED) is 0.934. The van der Waals surface area contributed by atoms with Crippen molar-refractivity contribution in [3.63, 3.8) is 0 Å². The number of nitrogens with zero attached hydrogens (tertiary/aromatic N) is 1. The molecule has 3 nitrogen and oxygen atoms in total. The second-order valence-corrected chi connectivity index (χ2v) is 4.48. The van der Waals surface area contributed by atoms with Gasteiger partial charge >= 0.3 is 0 Å². The van der Waals surface area contributed by atoms with Crippen LogP contribution in [0.4, 0.5) is 4.39 Å². The molecule has 2 aromatic rings. The van der Waals surface area contributed by atoms with Gasteiger partial charge in [-0.15, -0.1) is 0 Å². The third-order valence-electron chi connectivity index (χ3n) is 2.86. The number of methoxy groups -OCH3 is 1. The molecule has 0 saturated heterocycles. The highest BCUT2D eigenvalue weighted by atomic mass is 35.5. The summed E-state index contributed by atoms with van der Waals surface area (Å²) in [4.78, 5) is 4.08. The van der Waals surface area contributed by atoms with Crippen molar-refractivity contribution in [1.82, 2.24) is 10.3 Å². The van der Waals surface area contributed by atoms with Crippen LogP contribution in [-0.2, 0) is 0 Å². The summed E-state index contributed by atoms with van der Waals surface area (Å²) in [5, 5.41) is 3.55. The molecule has 1 unspecified atom stereocenters. The van der Waals surface area contributed by atoms with Crippen LogP contribution in [0.1, 0.15) is 17.2 Å². The maximum absolute atomic E-state index is 13.9. The largest absolute Gasteiger partial charge is 0.495 e. The second-order valence-electron chi connectivity index (χ2n) is 4.05. The topological polar surface area (TPSA) is 34.2 Å². The van der Waals surface area contributed by atoms with Crippen LogP contribution in [0, 0.1) is 5.82 Å². The number of ether oxygens (including phenoxy) is 1. The molecule has 0 fully saturated rings. The van der Waals surface area contributed by atoms with Crippen molar-refractivity contribution in [1.29, 1.82) is 0 Å². The molecule has 1 aromatic carbocycles. The zero-order valence-electron chi connectivity index (χ0n) is 10.7. The Hall–Kier alpha value is -1.65. The van der Waals surface area contributed by atoms with Gasteiger partial charge in [-0.05, 0) is 36.9 Å². The number of halogens is 2. The lowest BCUT2D eigenvalue weighted by Gasteiger charge is -2.18. The summed E-state index contributed by atoms with van der Waals surface area (Å²) in [6.45, 7) is 0.